The van der Waals surface area contributed by atoms with Crippen LogP contribution in [-0.2, 0) is 9.53 Å². The Morgan fingerprint density at radius 3 is 1.88 bits per heavy atom. The molecule has 0 atom stereocenters. The van der Waals surface area contributed by atoms with Gasteiger partial charge in [-0.1, -0.05) is 0 Å². The number of rotatable bonds is 4. The zero-order chi connectivity index (χ0) is 24.8. The van der Waals surface area contributed by atoms with Gasteiger partial charge in [0.1, 0.15) is 0 Å². The van der Waals surface area contributed by atoms with E-state index in [-0.39, 0.29) is 4.88 Å². The van der Waals surface area contributed by atoms with Gasteiger partial charge in [-0.15, -0.1) is 11.3 Å². The number of hydrogen-bond donors (Lipinski definition) is 2. The molecule has 0 bridgehead atoms. The Morgan fingerprint density at radius 2 is 1.39 bits per heavy atom. The number of carboxylic acid groups (broad SMARTS) is 1. The molecule has 180 valence electrons. The Kier molecular flexibility index (Phi) is 8.44. The van der Waals surface area contributed by atoms with Crippen molar-refractivity contribution in [1.29, 1.82) is 0 Å². The Labute approximate surface area is 186 Å². The second-order valence-corrected chi connectivity index (χ2v) is 7.48. The minimum atomic E-state index is -5.08. The molecule has 33 heavy (non-hydrogen) atoms. The molecule has 2 heterocycles. The van der Waals surface area contributed by atoms with Crippen molar-refractivity contribution < 1.29 is 50.6 Å². The molecule has 14 heteroatoms. The average molecular weight is 498 g/mol. The van der Waals surface area contributed by atoms with E-state index in [1.165, 1.54) is 6.07 Å². The van der Waals surface area contributed by atoms with Gasteiger partial charge in [0.2, 0.25) is 0 Å². The van der Waals surface area contributed by atoms with Crippen molar-refractivity contribution in [2.75, 3.05) is 36.5 Å². The summed E-state index contributed by atoms with van der Waals surface area (Å²) in [5.41, 5.74) is 1.52. The number of amides is 1. The van der Waals surface area contributed by atoms with Gasteiger partial charge in [0.15, 0.2) is 0 Å². The van der Waals surface area contributed by atoms with Crippen LogP contribution in [0.25, 0.3) is 0 Å². The lowest BCUT2D eigenvalue weighted by Gasteiger charge is -2.28. The summed E-state index contributed by atoms with van der Waals surface area (Å²) in [5, 5.41) is 9.74. The third-order valence-corrected chi connectivity index (χ3v) is 5.14. The van der Waals surface area contributed by atoms with Crippen molar-refractivity contribution in [3.05, 3.63) is 46.2 Å². The highest BCUT2D eigenvalue weighted by atomic mass is 32.1. The van der Waals surface area contributed by atoms with Gasteiger partial charge in [0, 0.05) is 24.5 Å². The quantitative estimate of drug-likeness (QED) is 0.484. The van der Waals surface area contributed by atoms with E-state index in [9.17, 15) is 35.9 Å². The molecular formula is C19H16F6N2O5S. The number of halogens is 6. The Hall–Kier alpha value is -3.13. The molecular weight excluding hydrogens is 482 g/mol. The number of hydrogen-bond acceptors (Lipinski definition) is 6. The summed E-state index contributed by atoms with van der Waals surface area (Å²) in [7, 11) is 0. The first-order valence-corrected chi connectivity index (χ1v) is 9.86. The minimum absolute atomic E-state index is 0.0369. The zero-order valence-electron chi connectivity index (χ0n) is 16.5. The predicted molar refractivity (Wildman–Crippen MR) is 106 cm³/mol. The van der Waals surface area contributed by atoms with Crippen LogP contribution in [0.15, 0.2) is 36.4 Å². The molecule has 2 N–H and O–H groups in total. The monoisotopic (exact) mass is 498 g/mol. The van der Waals surface area contributed by atoms with Gasteiger partial charge < -0.3 is 20.1 Å². The predicted octanol–water partition coefficient (Wildman–Crippen LogP) is 4.22. The number of carbonyl (C=O) groups excluding carboxylic acids is 2. The molecule has 1 aromatic carbocycles. The van der Waals surface area contributed by atoms with Crippen LogP contribution in [0.3, 0.4) is 0 Å². The van der Waals surface area contributed by atoms with Crippen LogP contribution in [0.5, 0.6) is 0 Å². The molecule has 1 aromatic heterocycles. The molecule has 0 unspecified atom stereocenters. The number of Topliss-reactive ketones (excluding diaryl/α,β-unsaturated/α-hetero) is 1. The number of nitrogens with one attached hydrogen (secondary N) is 1. The summed E-state index contributed by atoms with van der Waals surface area (Å²) in [5.74, 6) is -5.26. The van der Waals surface area contributed by atoms with E-state index in [0.717, 1.165) is 24.8 Å². The van der Waals surface area contributed by atoms with Gasteiger partial charge in [0.25, 0.3) is 11.7 Å². The lowest BCUT2D eigenvalue weighted by Crippen LogP contribution is -2.36. The maximum absolute atomic E-state index is 12.4. The second-order valence-electron chi connectivity index (χ2n) is 6.39. The third-order valence-electron chi connectivity index (χ3n) is 4.05. The number of carboxylic acids is 1. The van der Waals surface area contributed by atoms with E-state index in [4.69, 9.17) is 14.6 Å². The van der Waals surface area contributed by atoms with E-state index in [1.54, 1.807) is 12.1 Å². The molecule has 1 aliphatic heterocycles. The second kappa shape index (κ2) is 10.7. The van der Waals surface area contributed by atoms with Crippen molar-refractivity contribution in [3.63, 3.8) is 0 Å². The highest BCUT2D eigenvalue weighted by Crippen LogP contribution is 2.27. The van der Waals surface area contributed by atoms with Gasteiger partial charge in [-0.2, -0.15) is 26.3 Å². The van der Waals surface area contributed by atoms with Crippen molar-refractivity contribution in [2.45, 2.75) is 12.4 Å². The summed E-state index contributed by atoms with van der Waals surface area (Å²) >= 11 is 0.517. The highest BCUT2D eigenvalue weighted by molar-refractivity contribution is 7.16. The summed E-state index contributed by atoms with van der Waals surface area (Å²) in [6.45, 7) is 2.90. The molecule has 0 radical (unpaired) electrons. The largest absolute Gasteiger partial charge is 0.490 e. The zero-order valence-corrected chi connectivity index (χ0v) is 17.3. The molecule has 0 saturated carbocycles. The van der Waals surface area contributed by atoms with Crippen molar-refractivity contribution in [3.8, 4) is 0 Å². The van der Waals surface area contributed by atoms with Crippen molar-refractivity contribution in [1.82, 2.24) is 0 Å². The van der Waals surface area contributed by atoms with Gasteiger partial charge >= 0.3 is 18.3 Å². The van der Waals surface area contributed by atoms with Gasteiger partial charge in [-0.05, 0) is 36.4 Å². The number of anilines is 2. The number of alkyl halides is 6. The standard InChI is InChI=1S/C17H15F3N2O3S.C2HF3O2/c18-17(19,20)15(23)13-5-6-14(26-13)16(24)21-11-1-3-12(4-2-11)22-7-9-25-10-8-22;3-2(4,5)1(6)7/h1-6H,7-10H2,(H,21,24);(H,6,7). The fraction of sp³-hybridized carbons (Fsp3) is 0.316. The Balaban J connectivity index is 0.000000479. The number of aliphatic carboxylic acids is 1. The van der Waals surface area contributed by atoms with Crippen LogP contribution in [0, 0.1) is 0 Å². The molecule has 3 rings (SSSR count). The van der Waals surface area contributed by atoms with Crippen LogP contribution < -0.4 is 10.2 Å². The topological polar surface area (TPSA) is 95.9 Å². The summed E-state index contributed by atoms with van der Waals surface area (Å²) in [6.07, 6.45) is -10.0. The van der Waals surface area contributed by atoms with Crippen LogP contribution in [0.2, 0.25) is 0 Å². The number of nitrogens with zero attached hydrogens (tertiary/aromatic N) is 1. The first-order valence-electron chi connectivity index (χ1n) is 9.04. The molecule has 0 spiro atoms. The molecule has 1 saturated heterocycles. The van der Waals surface area contributed by atoms with Crippen LogP contribution >= 0.6 is 11.3 Å². The lowest BCUT2D eigenvalue weighted by atomic mass is 10.2. The van der Waals surface area contributed by atoms with Crippen molar-refractivity contribution in [2.24, 2.45) is 0 Å². The van der Waals surface area contributed by atoms with Crippen LogP contribution in [0.1, 0.15) is 19.3 Å². The normalized spacial score (nSPS) is 14.2. The first-order chi connectivity index (χ1) is 15.3. The average Bonchev–Trinajstić information content (AvgIpc) is 3.24. The number of carbonyl (C=O) groups is 3. The first kappa shape index (κ1) is 26.1. The van der Waals surface area contributed by atoms with E-state index in [0.29, 0.717) is 30.2 Å². The van der Waals surface area contributed by atoms with Gasteiger partial charge in [-0.25, -0.2) is 4.79 Å². The van der Waals surface area contributed by atoms with E-state index < -0.39 is 34.9 Å². The molecule has 7 nitrogen and oxygen atoms in total. The molecule has 1 fully saturated rings. The number of morpholine rings is 1. The molecule has 1 aliphatic rings. The Morgan fingerprint density at radius 1 is 0.879 bits per heavy atom. The van der Waals surface area contributed by atoms with Gasteiger partial charge in [-0.3, -0.25) is 9.59 Å². The molecule has 2 aromatic rings. The third kappa shape index (κ3) is 7.75. The number of thiophene rings is 1. The number of benzene rings is 1. The van der Waals surface area contributed by atoms with E-state index in [1.807, 2.05) is 12.1 Å². The van der Waals surface area contributed by atoms with E-state index >= 15 is 0 Å². The lowest BCUT2D eigenvalue weighted by molar-refractivity contribution is -0.192. The van der Waals surface area contributed by atoms with Gasteiger partial charge in [0.05, 0.1) is 23.0 Å². The Bertz CT molecular complexity index is 982. The van der Waals surface area contributed by atoms with Crippen LogP contribution in [0.4, 0.5) is 37.7 Å². The maximum atomic E-state index is 12.4. The van der Waals surface area contributed by atoms with Crippen LogP contribution in [-0.4, -0.2) is 61.4 Å². The summed E-state index contributed by atoms with van der Waals surface area (Å²) < 4.78 is 74.3. The minimum Gasteiger partial charge on any atom is -0.475 e. The highest BCUT2D eigenvalue weighted by Gasteiger charge is 2.40. The van der Waals surface area contributed by atoms with Crippen molar-refractivity contribution >= 4 is 40.4 Å². The molecule has 0 aliphatic carbocycles. The number of ether oxygens (including phenoxy) is 1. The fourth-order valence-electron chi connectivity index (χ4n) is 2.49. The number of ketones is 1. The fourth-order valence-corrected chi connectivity index (χ4v) is 3.35. The smallest absolute Gasteiger partial charge is 0.475 e. The SMILES string of the molecule is O=C(Nc1ccc(N2CCOCC2)cc1)c1ccc(C(=O)C(F)(F)F)s1.O=C(O)C(F)(F)F. The summed E-state index contributed by atoms with van der Waals surface area (Å²) in [4.78, 5) is 33.9. The molecule has 1 amide bonds. The maximum Gasteiger partial charge on any atom is 0.490 e. The summed E-state index contributed by atoms with van der Waals surface area (Å²) in [6, 6.07) is 9.37. The van der Waals surface area contributed by atoms with E-state index in [2.05, 4.69) is 10.2 Å².